The number of hydrogen-bond donors (Lipinski definition) is 2. The van der Waals surface area contributed by atoms with Crippen LogP contribution in [0.5, 0.6) is 0 Å². The third kappa shape index (κ3) is 2.31. The summed E-state index contributed by atoms with van der Waals surface area (Å²) in [7, 11) is 0. The number of fused-ring (bicyclic) bond motifs is 3. The van der Waals surface area contributed by atoms with Crippen molar-refractivity contribution >= 4 is 38.8 Å². The van der Waals surface area contributed by atoms with Gasteiger partial charge in [-0.1, -0.05) is 6.07 Å². The largest absolute Gasteiger partial charge is 0.368 e. The van der Waals surface area contributed by atoms with Crippen molar-refractivity contribution in [2.75, 3.05) is 18.4 Å². The number of nitrogens with zero attached hydrogens (tertiary/aromatic N) is 2. The average Bonchev–Trinajstić information content (AvgIpc) is 3.23. The van der Waals surface area contributed by atoms with Crippen LogP contribution in [0.3, 0.4) is 0 Å². The molecule has 5 heteroatoms. The van der Waals surface area contributed by atoms with Crippen LogP contribution in [0.25, 0.3) is 21.7 Å². The van der Waals surface area contributed by atoms with Crippen molar-refractivity contribution in [3.63, 3.8) is 0 Å². The highest BCUT2D eigenvalue weighted by Crippen LogP contribution is 2.32. The zero-order chi connectivity index (χ0) is 14.9. The van der Waals surface area contributed by atoms with E-state index in [9.17, 15) is 0 Å². The number of rotatable bonds is 3. The Balaban J connectivity index is 1.77. The SMILES string of the molecule is N#Cc1ccc2c(c1)nc(NCC1CCCN1)c1cscc12. The van der Waals surface area contributed by atoms with Crippen molar-refractivity contribution in [3.05, 3.63) is 34.5 Å². The molecule has 0 amide bonds. The molecule has 3 aromatic rings. The van der Waals surface area contributed by atoms with E-state index >= 15 is 0 Å². The van der Waals surface area contributed by atoms with E-state index in [1.165, 1.54) is 23.6 Å². The fraction of sp³-hybridized carbons (Fsp3) is 0.294. The summed E-state index contributed by atoms with van der Waals surface area (Å²) in [4.78, 5) is 4.76. The van der Waals surface area contributed by atoms with Crippen molar-refractivity contribution < 1.29 is 0 Å². The van der Waals surface area contributed by atoms with Gasteiger partial charge in [-0.3, -0.25) is 0 Å². The Kier molecular flexibility index (Phi) is 3.41. The highest BCUT2D eigenvalue weighted by atomic mass is 32.1. The van der Waals surface area contributed by atoms with Gasteiger partial charge in [-0.25, -0.2) is 4.98 Å². The molecule has 0 radical (unpaired) electrons. The quantitative estimate of drug-likeness (QED) is 0.777. The molecule has 22 heavy (non-hydrogen) atoms. The summed E-state index contributed by atoms with van der Waals surface area (Å²) < 4.78 is 0. The summed E-state index contributed by atoms with van der Waals surface area (Å²) in [5.74, 6) is 0.924. The fourth-order valence-corrected chi connectivity index (χ4v) is 3.91. The number of thiophene rings is 1. The third-order valence-electron chi connectivity index (χ3n) is 4.24. The van der Waals surface area contributed by atoms with E-state index in [1.54, 1.807) is 11.3 Å². The number of hydrogen-bond acceptors (Lipinski definition) is 5. The zero-order valence-electron chi connectivity index (χ0n) is 12.1. The lowest BCUT2D eigenvalue weighted by Crippen LogP contribution is -2.29. The first-order chi connectivity index (χ1) is 10.8. The first-order valence-electron chi connectivity index (χ1n) is 7.52. The van der Waals surface area contributed by atoms with Crippen LogP contribution in [0, 0.1) is 11.3 Å². The summed E-state index contributed by atoms with van der Waals surface area (Å²) in [5.41, 5.74) is 1.53. The summed E-state index contributed by atoms with van der Waals surface area (Å²) in [5, 5.41) is 23.9. The maximum absolute atomic E-state index is 9.09. The summed E-state index contributed by atoms with van der Waals surface area (Å²) in [6.07, 6.45) is 2.46. The van der Waals surface area contributed by atoms with Crippen molar-refractivity contribution in [3.8, 4) is 6.07 Å². The minimum atomic E-state index is 0.525. The second kappa shape index (κ2) is 5.56. The van der Waals surface area contributed by atoms with Crippen LogP contribution in [-0.4, -0.2) is 24.1 Å². The van der Waals surface area contributed by atoms with Gasteiger partial charge in [0.1, 0.15) is 5.82 Å². The molecule has 1 aliphatic rings. The molecule has 0 spiro atoms. The second-order valence-electron chi connectivity index (χ2n) is 5.68. The molecule has 0 bridgehead atoms. The summed E-state index contributed by atoms with van der Waals surface area (Å²) >= 11 is 1.69. The van der Waals surface area contributed by atoms with Gasteiger partial charge in [-0.15, -0.1) is 0 Å². The van der Waals surface area contributed by atoms with Crippen molar-refractivity contribution in [2.24, 2.45) is 0 Å². The summed E-state index contributed by atoms with van der Waals surface area (Å²) in [6.45, 7) is 2.00. The van der Waals surface area contributed by atoms with Crippen molar-refractivity contribution in [1.82, 2.24) is 10.3 Å². The Hall–Kier alpha value is -2.16. The standard InChI is InChI=1S/C17H16N4S/c18-7-11-3-4-13-14-9-22-10-15(14)17(21-16(13)6-11)20-8-12-2-1-5-19-12/h3-4,6,9-10,12,19H,1-2,5,8H2,(H,20,21). The second-order valence-corrected chi connectivity index (χ2v) is 6.42. The minimum Gasteiger partial charge on any atom is -0.368 e. The number of benzene rings is 1. The molecule has 3 heterocycles. The van der Waals surface area contributed by atoms with E-state index in [0.29, 0.717) is 11.6 Å². The van der Waals surface area contributed by atoms with Crippen LogP contribution >= 0.6 is 11.3 Å². The first kappa shape index (κ1) is 13.5. The Bertz CT molecular complexity index is 871. The molecular weight excluding hydrogens is 292 g/mol. The van der Waals surface area contributed by atoms with Crippen LogP contribution in [0.4, 0.5) is 5.82 Å². The van der Waals surface area contributed by atoms with E-state index in [0.717, 1.165) is 29.8 Å². The van der Waals surface area contributed by atoms with Crippen LogP contribution in [-0.2, 0) is 0 Å². The highest BCUT2D eigenvalue weighted by Gasteiger charge is 2.15. The molecular formula is C17H16N4S. The molecule has 1 unspecified atom stereocenters. The van der Waals surface area contributed by atoms with Gasteiger partial charge in [0.25, 0.3) is 0 Å². The predicted molar refractivity (Wildman–Crippen MR) is 91.4 cm³/mol. The van der Waals surface area contributed by atoms with Gasteiger partial charge in [0.05, 0.1) is 17.1 Å². The molecule has 1 atom stereocenters. The maximum atomic E-state index is 9.09. The van der Waals surface area contributed by atoms with E-state index in [-0.39, 0.29) is 0 Å². The van der Waals surface area contributed by atoms with Crippen molar-refractivity contribution in [2.45, 2.75) is 18.9 Å². The first-order valence-corrected chi connectivity index (χ1v) is 8.46. The molecule has 0 aliphatic carbocycles. The minimum absolute atomic E-state index is 0.525. The number of anilines is 1. The smallest absolute Gasteiger partial charge is 0.135 e. The van der Waals surface area contributed by atoms with Gasteiger partial charge in [-0.05, 0) is 36.9 Å². The van der Waals surface area contributed by atoms with Crippen molar-refractivity contribution in [1.29, 1.82) is 5.26 Å². The predicted octanol–water partition coefficient (Wildman–Crippen LogP) is 3.49. The third-order valence-corrected chi connectivity index (χ3v) is 4.99. The Morgan fingerprint density at radius 3 is 3.05 bits per heavy atom. The zero-order valence-corrected chi connectivity index (χ0v) is 12.9. The monoisotopic (exact) mass is 308 g/mol. The molecule has 4 rings (SSSR count). The van der Waals surface area contributed by atoms with Crippen LogP contribution in [0.1, 0.15) is 18.4 Å². The Labute approximate surface area is 132 Å². The van der Waals surface area contributed by atoms with Gasteiger partial charge < -0.3 is 10.6 Å². The highest BCUT2D eigenvalue weighted by molar-refractivity contribution is 7.09. The molecule has 110 valence electrons. The Morgan fingerprint density at radius 1 is 1.32 bits per heavy atom. The van der Waals surface area contributed by atoms with E-state index in [1.807, 2.05) is 18.2 Å². The molecule has 4 nitrogen and oxygen atoms in total. The van der Waals surface area contributed by atoms with Crippen LogP contribution in [0.2, 0.25) is 0 Å². The molecule has 0 saturated carbocycles. The molecule has 1 aliphatic heterocycles. The van der Waals surface area contributed by atoms with Gasteiger partial charge >= 0.3 is 0 Å². The lowest BCUT2D eigenvalue weighted by atomic mass is 10.1. The van der Waals surface area contributed by atoms with Gasteiger partial charge in [0.2, 0.25) is 0 Å². The normalized spacial score (nSPS) is 17.9. The fourth-order valence-electron chi connectivity index (χ4n) is 3.08. The number of aromatic nitrogens is 1. The molecule has 2 N–H and O–H groups in total. The molecule has 1 fully saturated rings. The Morgan fingerprint density at radius 2 is 2.23 bits per heavy atom. The number of pyridine rings is 1. The molecule has 2 aromatic heterocycles. The molecule has 1 aromatic carbocycles. The average molecular weight is 308 g/mol. The van der Waals surface area contributed by atoms with E-state index < -0.39 is 0 Å². The topological polar surface area (TPSA) is 60.7 Å². The number of nitriles is 1. The van der Waals surface area contributed by atoms with Gasteiger partial charge in [0, 0.05) is 34.1 Å². The van der Waals surface area contributed by atoms with Gasteiger partial charge in [-0.2, -0.15) is 16.6 Å². The summed E-state index contributed by atoms with van der Waals surface area (Å²) in [6, 6.07) is 8.44. The van der Waals surface area contributed by atoms with E-state index in [4.69, 9.17) is 10.2 Å². The number of nitrogens with one attached hydrogen (secondary N) is 2. The van der Waals surface area contributed by atoms with E-state index in [2.05, 4.69) is 27.5 Å². The van der Waals surface area contributed by atoms with Crippen LogP contribution < -0.4 is 10.6 Å². The lowest BCUT2D eigenvalue weighted by Gasteiger charge is -2.13. The maximum Gasteiger partial charge on any atom is 0.135 e. The lowest BCUT2D eigenvalue weighted by molar-refractivity contribution is 0.633. The molecule has 1 saturated heterocycles. The van der Waals surface area contributed by atoms with Gasteiger partial charge in [0.15, 0.2) is 0 Å². The van der Waals surface area contributed by atoms with Crippen LogP contribution in [0.15, 0.2) is 29.0 Å².